The lowest BCUT2D eigenvalue weighted by Gasteiger charge is -2.23. The van der Waals surface area contributed by atoms with Gasteiger partial charge in [-0.25, -0.2) is 0 Å². The zero-order valence-corrected chi connectivity index (χ0v) is 12.0. The van der Waals surface area contributed by atoms with Gasteiger partial charge in [0.25, 0.3) is 5.91 Å². The fourth-order valence-electron chi connectivity index (χ4n) is 1.70. The summed E-state index contributed by atoms with van der Waals surface area (Å²) in [6.07, 6.45) is 1.64. The third kappa shape index (κ3) is 4.63. The first-order valence-corrected chi connectivity index (χ1v) is 6.02. The minimum atomic E-state index is 0. The van der Waals surface area contributed by atoms with Crippen molar-refractivity contribution in [3.8, 4) is 0 Å². The summed E-state index contributed by atoms with van der Waals surface area (Å²) in [6, 6.07) is 3.51. The lowest BCUT2D eigenvalue weighted by Crippen LogP contribution is -2.34. The Hall–Kier alpha value is -1.13. The number of hydrogen-bond donors (Lipinski definition) is 1. The largest absolute Gasteiger partial charge is 0.339 e. The number of carbonyl (C=O) groups is 1. The van der Waals surface area contributed by atoms with Crippen molar-refractivity contribution in [1.82, 2.24) is 9.88 Å². The van der Waals surface area contributed by atoms with E-state index in [4.69, 9.17) is 5.73 Å². The van der Waals surface area contributed by atoms with Crippen molar-refractivity contribution < 1.29 is 4.79 Å². The van der Waals surface area contributed by atoms with Crippen LogP contribution in [0.15, 0.2) is 18.3 Å². The number of amides is 1. The Labute approximate surface area is 115 Å². The number of rotatable bonds is 5. The van der Waals surface area contributed by atoms with Crippen LogP contribution in [0.1, 0.15) is 36.8 Å². The van der Waals surface area contributed by atoms with E-state index in [1.807, 2.05) is 11.8 Å². The third-order valence-corrected chi connectivity index (χ3v) is 2.53. The Balaban J connectivity index is 0.00000289. The zero-order chi connectivity index (χ0) is 12.8. The fourth-order valence-corrected chi connectivity index (χ4v) is 1.70. The summed E-state index contributed by atoms with van der Waals surface area (Å²) in [5.41, 5.74) is 6.94. The molecular formula is C13H22ClN3O. The van der Waals surface area contributed by atoms with Gasteiger partial charge in [0.05, 0.1) is 5.69 Å². The van der Waals surface area contributed by atoms with Crippen LogP contribution in [0.4, 0.5) is 0 Å². The number of halogens is 1. The second-order valence-electron chi connectivity index (χ2n) is 4.48. The van der Waals surface area contributed by atoms with Crippen LogP contribution in [0.2, 0.25) is 0 Å². The number of nitrogens with zero attached hydrogens (tertiary/aromatic N) is 2. The molecule has 1 aromatic rings. The summed E-state index contributed by atoms with van der Waals surface area (Å²) in [7, 11) is 0. The summed E-state index contributed by atoms with van der Waals surface area (Å²) in [5.74, 6) is 0.521. The van der Waals surface area contributed by atoms with Crippen molar-refractivity contribution in [3.63, 3.8) is 0 Å². The molecular weight excluding hydrogens is 250 g/mol. The van der Waals surface area contributed by atoms with Crippen LogP contribution < -0.4 is 5.73 Å². The third-order valence-electron chi connectivity index (χ3n) is 2.53. The number of carbonyl (C=O) groups excluding carboxylic acids is 1. The van der Waals surface area contributed by atoms with E-state index in [9.17, 15) is 4.79 Å². The molecule has 0 bridgehead atoms. The molecule has 102 valence electrons. The average Bonchev–Trinajstić information content (AvgIpc) is 2.35. The van der Waals surface area contributed by atoms with Gasteiger partial charge in [0.15, 0.2) is 0 Å². The second-order valence-corrected chi connectivity index (χ2v) is 4.48. The molecule has 0 atom stereocenters. The number of hydrogen-bond acceptors (Lipinski definition) is 3. The summed E-state index contributed by atoms with van der Waals surface area (Å²) >= 11 is 0. The predicted octanol–water partition coefficient (Wildman–Crippen LogP) is 2.08. The highest BCUT2D eigenvalue weighted by Gasteiger charge is 2.15. The topological polar surface area (TPSA) is 59.2 Å². The Morgan fingerprint density at radius 1 is 1.50 bits per heavy atom. The van der Waals surface area contributed by atoms with Gasteiger partial charge >= 0.3 is 0 Å². The molecule has 4 nitrogen and oxygen atoms in total. The second kappa shape index (κ2) is 8.06. The van der Waals surface area contributed by atoms with Gasteiger partial charge in [-0.15, -0.1) is 12.4 Å². The molecule has 1 aromatic heterocycles. The van der Waals surface area contributed by atoms with Crippen molar-refractivity contribution >= 4 is 18.3 Å². The van der Waals surface area contributed by atoms with E-state index in [1.165, 1.54) is 0 Å². The highest BCUT2D eigenvalue weighted by Crippen LogP contribution is 2.08. The van der Waals surface area contributed by atoms with Gasteiger partial charge in [-0.2, -0.15) is 0 Å². The number of pyridine rings is 1. The van der Waals surface area contributed by atoms with E-state index < -0.39 is 0 Å². The standard InChI is InChI=1S/C13H21N3O.ClH/c1-4-16(9-10(2)3)13(17)11-5-6-15-12(7-11)8-14;/h5-7,10H,4,8-9,14H2,1-3H3;1H. The van der Waals surface area contributed by atoms with Crippen LogP contribution >= 0.6 is 12.4 Å². The highest BCUT2D eigenvalue weighted by atomic mass is 35.5. The lowest BCUT2D eigenvalue weighted by atomic mass is 10.1. The predicted molar refractivity (Wildman–Crippen MR) is 75.8 cm³/mol. The molecule has 0 aliphatic heterocycles. The van der Waals surface area contributed by atoms with Crippen molar-refractivity contribution in [1.29, 1.82) is 0 Å². The molecule has 0 saturated carbocycles. The summed E-state index contributed by atoms with van der Waals surface area (Å²) < 4.78 is 0. The lowest BCUT2D eigenvalue weighted by molar-refractivity contribution is 0.0745. The molecule has 2 N–H and O–H groups in total. The quantitative estimate of drug-likeness (QED) is 0.892. The van der Waals surface area contributed by atoms with Crippen LogP contribution in [0.5, 0.6) is 0 Å². The maximum atomic E-state index is 12.2. The minimum absolute atomic E-state index is 0. The van der Waals surface area contributed by atoms with Gasteiger partial charge in [-0.05, 0) is 25.0 Å². The van der Waals surface area contributed by atoms with Gasteiger partial charge in [0.1, 0.15) is 0 Å². The van der Waals surface area contributed by atoms with Crippen molar-refractivity contribution in [2.24, 2.45) is 11.7 Å². The van der Waals surface area contributed by atoms with Gasteiger partial charge in [0.2, 0.25) is 0 Å². The van der Waals surface area contributed by atoms with Crippen LogP contribution in [-0.4, -0.2) is 28.9 Å². The van der Waals surface area contributed by atoms with Crippen LogP contribution in [-0.2, 0) is 6.54 Å². The van der Waals surface area contributed by atoms with E-state index in [0.29, 0.717) is 18.0 Å². The Kier molecular flexibility index (Phi) is 7.55. The van der Waals surface area contributed by atoms with Gasteiger partial charge in [-0.3, -0.25) is 9.78 Å². The van der Waals surface area contributed by atoms with Crippen molar-refractivity contribution in [2.75, 3.05) is 13.1 Å². The Morgan fingerprint density at radius 2 is 2.17 bits per heavy atom. The average molecular weight is 272 g/mol. The van der Waals surface area contributed by atoms with E-state index >= 15 is 0 Å². The van der Waals surface area contributed by atoms with E-state index in [1.54, 1.807) is 18.3 Å². The van der Waals surface area contributed by atoms with Gasteiger partial charge < -0.3 is 10.6 Å². The first-order valence-electron chi connectivity index (χ1n) is 6.02. The van der Waals surface area contributed by atoms with Crippen molar-refractivity contribution in [3.05, 3.63) is 29.6 Å². The Morgan fingerprint density at radius 3 is 2.67 bits per heavy atom. The molecule has 5 heteroatoms. The molecule has 0 spiro atoms. The first-order chi connectivity index (χ1) is 8.08. The summed E-state index contributed by atoms with van der Waals surface area (Å²) in [6.45, 7) is 8.05. The molecule has 1 rings (SSSR count). The number of aromatic nitrogens is 1. The Bertz CT molecular complexity index is 382. The molecule has 0 aliphatic rings. The number of nitrogens with two attached hydrogens (primary N) is 1. The van der Waals surface area contributed by atoms with E-state index in [2.05, 4.69) is 18.8 Å². The summed E-state index contributed by atoms with van der Waals surface area (Å²) in [4.78, 5) is 18.2. The molecule has 0 radical (unpaired) electrons. The smallest absolute Gasteiger partial charge is 0.253 e. The molecule has 18 heavy (non-hydrogen) atoms. The minimum Gasteiger partial charge on any atom is -0.339 e. The van der Waals surface area contributed by atoms with Crippen LogP contribution in [0, 0.1) is 5.92 Å². The normalized spacial score (nSPS) is 10.1. The van der Waals surface area contributed by atoms with E-state index in [0.717, 1.165) is 18.8 Å². The van der Waals surface area contributed by atoms with E-state index in [-0.39, 0.29) is 18.3 Å². The molecule has 0 fully saturated rings. The van der Waals surface area contributed by atoms with Gasteiger partial charge in [-0.1, -0.05) is 13.8 Å². The maximum absolute atomic E-state index is 12.2. The first kappa shape index (κ1) is 16.9. The van der Waals surface area contributed by atoms with Crippen molar-refractivity contribution in [2.45, 2.75) is 27.3 Å². The van der Waals surface area contributed by atoms with Crippen LogP contribution in [0.3, 0.4) is 0 Å². The molecule has 0 aliphatic carbocycles. The SMILES string of the molecule is CCN(CC(C)C)C(=O)c1ccnc(CN)c1.Cl. The molecule has 1 amide bonds. The molecule has 1 heterocycles. The molecule has 0 unspecified atom stereocenters. The maximum Gasteiger partial charge on any atom is 0.253 e. The molecule has 0 aromatic carbocycles. The molecule has 0 saturated heterocycles. The monoisotopic (exact) mass is 271 g/mol. The zero-order valence-electron chi connectivity index (χ0n) is 11.2. The van der Waals surface area contributed by atoms with Crippen LogP contribution in [0.25, 0.3) is 0 Å². The highest BCUT2D eigenvalue weighted by molar-refractivity contribution is 5.94. The van der Waals surface area contributed by atoms with Gasteiger partial charge in [0, 0.05) is 31.4 Å². The fraction of sp³-hybridized carbons (Fsp3) is 0.538. The summed E-state index contributed by atoms with van der Waals surface area (Å²) in [5, 5.41) is 0.